The maximum Gasteiger partial charge on any atom is 0.139 e. The highest BCUT2D eigenvalue weighted by Crippen LogP contribution is 2.27. The molecule has 1 rings (SSSR count). The van der Waals surface area contributed by atoms with Crippen molar-refractivity contribution in [2.45, 2.75) is 0 Å². The van der Waals surface area contributed by atoms with Crippen LogP contribution in [0.25, 0.3) is 0 Å². The first-order valence-electron chi connectivity index (χ1n) is 2.41. The molecule has 54 valence electrons. The van der Waals surface area contributed by atoms with Gasteiger partial charge < -0.3 is 0 Å². The third-order valence-corrected chi connectivity index (χ3v) is 2.90. The molecule has 0 nitrogen and oxygen atoms in total. The van der Waals surface area contributed by atoms with E-state index in [4.69, 9.17) is 11.6 Å². The zero-order valence-electron chi connectivity index (χ0n) is 4.67. The molecule has 0 fully saturated rings. The monoisotopic (exact) mass is 334 g/mol. The smallest absolute Gasteiger partial charge is 0.139 e. The summed E-state index contributed by atoms with van der Waals surface area (Å²) in [6.45, 7) is 0. The molecule has 0 aliphatic heterocycles. The average molecular weight is 335 g/mol. The van der Waals surface area contributed by atoms with Crippen LogP contribution in [0, 0.1) is 9.39 Å². The molecule has 0 amide bonds. The number of hydrogen-bond donors (Lipinski definition) is 0. The van der Waals surface area contributed by atoms with Crippen LogP contribution in [0.5, 0.6) is 0 Å². The highest BCUT2D eigenvalue weighted by Gasteiger charge is 2.04. The maximum atomic E-state index is 12.7. The molecule has 10 heavy (non-hydrogen) atoms. The largest absolute Gasteiger partial charge is 0.206 e. The third-order valence-electron chi connectivity index (χ3n) is 0.949. The summed E-state index contributed by atoms with van der Waals surface area (Å²) in [5.74, 6) is -0.322. The fraction of sp³-hybridized carbons (Fsp3) is 0. The molecule has 0 radical (unpaired) electrons. The van der Waals surface area contributed by atoms with Gasteiger partial charge in [0.25, 0.3) is 0 Å². The Morgan fingerprint density at radius 1 is 1.50 bits per heavy atom. The first kappa shape index (κ1) is 8.74. The Morgan fingerprint density at radius 3 is 2.60 bits per heavy atom. The molecular formula is C6H2BrClFI. The summed E-state index contributed by atoms with van der Waals surface area (Å²) in [5, 5.41) is 0.407. The molecule has 1 aromatic rings. The van der Waals surface area contributed by atoms with Crippen LogP contribution < -0.4 is 0 Å². The second-order valence-electron chi connectivity index (χ2n) is 1.68. The molecule has 0 heterocycles. The summed E-state index contributed by atoms with van der Waals surface area (Å²) in [4.78, 5) is 0. The Labute approximate surface area is 85.0 Å². The normalized spacial score (nSPS) is 10.0. The number of hydrogen-bond acceptors (Lipinski definition) is 0. The van der Waals surface area contributed by atoms with E-state index in [2.05, 4.69) is 15.9 Å². The molecule has 0 saturated carbocycles. The Morgan fingerprint density at radius 2 is 2.10 bits per heavy atom. The van der Waals surface area contributed by atoms with Crippen molar-refractivity contribution in [3.05, 3.63) is 31.0 Å². The summed E-state index contributed by atoms with van der Waals surface area (Å²) >= 11 is 10.6. The molecule has 0 bridgehead atoms. The van der Waals surface area contributed by atoms with Crippen LogP contribution in [0.2, 0.25) is 5.02 Å². The number of benzene rings is 1. The second kappa shape index (κ2) is 3.36. The van der Waals surface area contributed by atoms with Crippen molar-refractivity contribution in [2.75, 3.05) is 0 Å². The molecule has 0 spiro atoms. The average Bonchev–Trinajstić information content (AvgIpc) is 1.82. The van der Waals surface area contributed by atoms with Gasteiger partial charge in [-0.05, 0) is 50.7 Å². The standard InChI is InChI=1S/C6H2BrClFI/c7-6-4(8)1-3(10)2-5(6)9/h1-2H. The van der Waals surface area contributed by atoms with E-state index in [1.165, 1.54) is 6.07 Å². The van der Waals surface area contributed by atoms with Gasteiger partial charge in [-0.15, -0.1) is 0 Å². The molecule has 0 N–H and O–H groups in total. The fourth-order valence-electron chi connectivity index (χ4n) is 0.525. The Balaban J connectivity index is 3.31. The predicted octanol–water partition coefficient (Wildman–Crippen LogP) is 3.85. The lowest BCUT2D eigenvalue weighted by Crippen LogP contribution is -1.80. The first-order chi connectivity index (χ1) is 4.61. The van der Waals surface area contributed by atoms with Gasteiger partial charge >= 0.3 is 0 Å². The van der Waals surface area contributed by atoms with Gasteiger partial charge in [0.2, 0.25) is 0 Å². The predicted molar refractivity (Wildman–Crippen MR) is 51.8 cm³/mol. The number of rotatable bonds is 0. The van der Waals surface area contributed by atoms with Gasteiger partial charge in [0.1, 0.15) is 5.82 Å². The maximum absolute atomic E-state index is 12.7. The van der Waals surface area contributed by atoms with Crippen molar-refractivity contribution < 1.29 is 4.39 Å². The molecule has 0 aliphatic rings. The highest BCUT2D eigenvalue weighted by atomic mass is 127. The molecule has 0 unspecified atom stereocenters. The first-order valence-corrected chi connectivity index (χ1v) is 4.66. The van der Waals surface area contributed by atoms with Crippen LogP contribution in [-0.4, -0.2) is 0 Å². The van der Waals surface area contributed by atoms with Gasteiger partial charge in [0.15, 0.2) is 0 Å². The zero-order chi connectivity index (χ0) is 7.72. The van der Waals surface area contributed by atoms with Crippen LogP contribution in [-0.2, 0) is 0 Å². The van der Waals surface area contributed by atoms with Crippen LogP contribution in [0.4, 0.5) is 4.39 Å². The van der Waals surface area contributed by atoms with Crippen molar-refractivity contribution in [3.8, 4) is 0 Å². The van der Waals surface area contributed by atoms with E-state index in [1.54, 1.807) is 6.07 Å². The van der Waals surface area contributed by atoms with Crippen LogP contribution in [0.15, 0.2) is 16.6 Å². The van der Waals surface area contributed by atoms with Gasteiger partial charge in [-0.3, -0.25) is 0 Å². The minimum Gasteiger partial charge on any atom is -0.206 e. The van der Waals surface area contributed by atoms with Gasteiger partial charge in [-0.2, -0.15) is 0 Å². The van der Waals surface area contributed by atoms with Crippen molar-refractivity contribution >= 4 is 50.1 Å². The van der Waals surface area contributed by atoms with E-state index in [0.717, 1.165) is 3.57 Å². The van der Waals surface area contributed by atoms with Crippen molar-refractivity contribution in [1.29, 1.82) is 0 Å². The van der Waals surface area contributed by atoms with E-state index in [-0.39, 0.29) is 5.82 Å². The van der Waals surface area contributed by atoms with E-state index >= 15 is 0 Å². The SMILES string of the molecule is Fc1cc(I)cc(Cl)c1Br. The molecule has 0 saturated heterocycles. The minimum absolute atomic E-state index is 0.322. The fourth-order valence-corrected chi connectivity index (χ4v) is 1.73. The summed E-state index contributed by atoms with van der Waals surface area (Å²) < 4.78 is 13.8. The quantitative estimate of drug-likeness (QED) is 0.384. The van der Waals surface area contributed by atoms with Gasteiger partial charge in [0.05, 0.1) is 9.50 Å². The van der Waals surface area contributed by atoms with Gasteiger partial charge in [-0.1, -0.05) is 11.6 Å². The van der Waals surface area contributed by atoms with Crippen LogP contribution in [0.3, 0.4) is 0 Å². The molecule has 4 heteroatoms. The molecule has 0 aliphatic carbocycles. The van der Waals surface area contributed by atoms with Crippen molar-refractivity contribution in [1.82, 2.24) is 0 Å². The Kier molecular flexibility index (Phi) is 2.94. The second-order valence-corrected chi connectivity index (χ2v) is 4.13. The number of halogens is 4. The Hall–Kier alpha value is 0.650. The van der Waals surface area contributed by atoms with Crippen LogP contribution >= 0.6 is 50.1 Å². The lowest BCUT2D eigenvalue weighted by molar-refractivity contribution is 0.620. The summed E-state index contributed by atoms with van der Waals surface area (Å²) in [5.41, 5.74) is 0. The summed E-state index contributed by atoms with van der Waals surface area (Å²) in [6, 6.07) is 3.10. The lowest BCUT2D eigenvalue weighted by Gasteiger charge is -1.97. The highest BCUT2D eigenvalue weighted by molar-refractivity contribution is 14.1. The molecule has 0 aromatic heterocycles. The van der Waals surface area contributed by atoms with E-state index in [1.807, 2.05) is 22.6 Å². The van der Waals surface area contributed by atoms with Crippen molar-refractivity contribution in [3.63, 3.8) is 0 Å². The summed E-state index contributed by atoms with van der Waals surface area (Å²) in [7, 11) is 0. The molecular weight excluding hydrogens is 333 g/mol. The van der Waals surface area contributed by atoms with Gasteiger partial charge in [-0.25, -0.2) is 4.39 Å². The van der Waals surface area contributed by atoms with E-state index in [9.17, 15) is 4.39 Å². The lowest BCUT2D eigenvalue weighted by atomic mass is 10.3. The van der Waals surface area contributed by atoms with E-state index in [0.29, 0.717) is 9.50 Å². The minimum atomic E-state index is -0.322. The van der Waals surface area contributed by atoms with Crippen LogP contribution in [0.1, 0.15) is 0 Å². The zero-order valence-corrected chi connectivity index (χ0v) is 9.17. The summed E-state index contributed by atoms with van der Waals surface area (Å²) in [6.07, 6.45) is 0. The topological polar surface area (TPSA) is 0 Å². The van der Waals surface area contributed by atoms with E-state index < -0.39 is 0 Å². The van der Waals surface area contributed by atoms with Gasteiger partial charge in [0, 0.05) is 3.57 Å². The Bertz CT molecular complexity index is 241. The molecule has 1 aromatic carbocycles. The molecule has 0 atom stereocenters. The van der Waals surface area contributed by atoms with Crippen molar-refractivity contribution in [2.24, 2.45) is 0 Å². The third kappa shape index (κ3) is 1.83.